The van der Waals surface area contributed by atoms with E-state index in [2.05, 4.69) is 15.9 Å². The van der Waals surface area contributed by atoms with Crippen LogP contribution in [0.2, 0.25) is 0 Å². The van der Waals surface area contributed by atoms with Gasteiger partial charge in [0.15, 0.2) is 0 Å². The molecule has 0 amide bonds. The van der Waals surface area contributed by atoms with E-state index in [0.717, 1.165) is 21.3 Å². The van der Waals surface area contributed by atoms with E-state index in [4.69, 9.17) is 10.5 Å². The van der Waals surface area contributed by atoms with Gasteiger partial charge in [-0.25, -0.2) is 4.39 Å². The molecular formula is C16H17BrFNO. The molecule has 0 fully saturated rings. The molecule has 0 aliphatic rings. The van der Waals surface area contributed by atoms with Crippen LogP contribution in [-0.2, 0) is 12.0 Å². The first-order valence-corrected chi connectivity index (χ1v) is 7.09. The molecule has 0 heterocycles. The zero-order valence-corrected chi connectivity index (χ0v) is 13.1. The second-order valence-corrected chi connectivity index (χ2v) is 5.91. The molecule has 20 heavy (non-hydrogen) atoms. The third-order valence-corrected chi connectivity index (χ3v) is 4.06. The van der Waals surface area contributed by atoms with Crippen molar-refractivity contribution in [1.29, 1.82) is 0 Å². The molecule has 2 aromatic rings. The summed E-state index contributed by atoms with van der Waals surface area (Å²) in [7, 11) is 1.63. The zero-order chi connectivity index (χ0) is 14.8. The van der Waals surface area contributed by atoms with Gasteiger partial charge >= 0.3 is 0 Å². The number of nitrogens with two attached hydrogens (primary N) is 1. The maximum absolute atomic E-state index is 13.1. The maximum atomic E-state index is 13.1. The molecule has 2 N–H and O–H groups in total. The third-order valence-electron chi connectivity index (χ3n) is 3.32. The molecule has 0 saturated heterocycles. The Morgan fingerprint density at radius 3 is 2.40 bits per heavy atom. The van der Waals surface area contributed by atoms with E-state index < -0.39 is 5.54 Å². The van der Waals surface area contributed by atoms with Crippen molar-refractivity contribution in [3.63, 3.8) is 0 Å². The summed E-state index contributed by atoms with van der Waals surface area (Å²) in [4.78, 5) is 0. The van der Waals surface area contributed by atoms with Crippen molar-refractivity contribution in [2.45, 2.75) is 18.9 Å². The molecule has 1 atom stereocenters. The minimum Gasteiger partial charge on any atom is -0.497 e. The Labute approximate surface area is 126 Å². The molecule has 2 rings (SSSR count). The molecule has 0 bridgehead atoms. The van der Waals surface area contributed by atoms with Gasteiger partial charge in [-0.2, -0.15) is 0 Å². The van der Waals surface area contributed by atoms with Gasteiger partial charge in [-0.05, 0) is 48.7 Å². The van der Waals surface area contributed by atoms with E-state index in [0.29, 0.717) is 6.42 Å². The number of ether oxygens (including phenoxy) is 1. The summed E-state index contributed by atoms with van der Waals surface area (Å²) in [6.07, 6.45) is 0.611. The number of methoxy groups -OCH3 is 1. The van der Waals surface area contributed by atoms with Gasteiger partial charge in [0.2, 0.25) is 0 Å². The van der Waals surface area contributed by atoms with Gasteiger partial charge in [-0.15, -0.1) is 0 Å². The first-order chi connectivity index (χ1) is 9.42. The normalized spacial score (nSPS) is 13.8. The lowest BCUT2D eigenvalue weighted by atomic mass is 9.86. The van der Waals surface area contributed by atoms with Gasteiger partial charge in [0.05, 0.1) is 7.11 Å². The Morgan fingerprint density at radius 1 is 1.20 bits per heavy atom. The second kappa shape index (κ2) is 5.94. The van der Waals surface area contributed by atoms with Gasteiger partial charge in [-0.3, -0.25) is 0 Å². The van der Waals surface area contributed by atoms with Crippen LogP contribution in [0.15, 0.2) is 46.9 Å². The molecule has 0 saturated carbocycles. The third kappa shape index (κ3) is 3.38. The van der Waals surface area contributed by atoms with Gasteiger partial charge in [0, 0.05) is 10.0 Å². The van der Waals surface area contributed by atoms with Crippen LogP contribution in [0, 0.1) is 5.82 Å². The summed E-state index contributed by atoms with van der Waals surface area (Å²) >= 11 is 3.38. The summed E-state index contributed by atoms with van der Waals surface area (Å²) in [5.74, 6) is 0.538. The average Bonchev–Trinajstić information content (AvgIpc) is 2.42. The summed E-state index contributed by atoms with van der Waals surface area (Å²) in [6, 6.07) is 12.4. The first-order valence-electron chi connectivity index (χ1n) is 6.30. The summed E-state index contributed by atoms with van der Waals surface area (Å²) in [5, 5.41) is 0. The van der Waals surface area contributed by atoms with Crippen molar-refractivity contribution in [2.24, 2.45) is 5.73 Å². The number of rotatable bonds is 4. The minimum atomic E-state index is -0.535. The lowest BCUT2D eigenvalue weighted by molar-refractivity contribution is 0.413. The maximum Gasteiger partial charge on any atom is 0.124 e. The van der Waals surface area contributed by atoms with E-state index >= 15 is 0 Å². The van der Waals surface area contributed by atoms with E-state index in [9.17, 15) is 4.39 Å². The quantitative estimate of drug-likeness (QED) is 0.914. The summed E-state index contributed by atoms with van der Waals surface area (Å²) < 4.78 is 19.0. The van der Waals surface area contributed by atoms with E-state index in [1.165, 1.54) is 12.1 Å². The molecule has 2 nitrogen and oxygen atoms in total. The van der Waals surface area contributed by atoms with Crippen LogP contribution in [0.25, 0.3) is 0 Å². The van der Waals surface area contributed by atoms with Gasteiger partial charge < -0.3 is 10.5 Å². The van der Waals surface area contributed by atoms with E-state index in [1.807, 2.05) is 31.2 Å². The molecule has 2 aromatic carbocycles. The number of halogens is 2. The van der Waals surface area contributed by atoms with Crippen molar-refractivity contribution < 1.29 is 9.13 Å². The molecule has 0 radical (unpaired) electrons. The molecular weight excluding hydrogens is 321 g/mol. The lowest BCUT2D eigenvalue weighted by Crippen LogP contribution is -2.35. The SMILES string of the molecule is COc1ccc(C(C)(N)Cc2ccc(F)cc2Br)cc1. The van der Waals surface area contributed by atoms with Gasteiger partial charge in [0.1, 0.15) is 11.6 Å². The van der Waals surface area contributed by atoms with Crippen LogP contribution < -0.4 is 10.5 Å². The van der Waals surface area contributed by atoms with Crippen molar-refractivity contribution in [1.82, 2.24) is 0 Å². The Morgan fingerprint density at radius 2 is 1.85 bits per heavy atom. The predicted molar refractivity (Wildman–Crippen MR) is 82.3 cm³/mol. The van der Waals surface area contributed by atoms with Gasteiger partial charge in [0.25, 0.3) is 0 Å². The highest BCUT2D eigenvalue weighted by Crippen LogP contribution is 2.28. The standard InChI is InChI=1S/C16H17BrFNO/c1-16(19,12-4-7-14(20-2)8-5-12)10-11-3-6-13(18)9-15(11)17/h3-9H,10,19H2,1-2H3. The fourth-order valence-corrected chi connectivity index (χ4v) is 2.63. The Balaban J connectivity index is 2.25. The first kappa shape index (κ1) is 15.0. The predicted octanol–water partition coefficient (Wildman–Crippen LogP) is 4.01. The van der Waals surface area contributed by atoms with Crippen LogP contribution in [0.3, 0.4) is 0 Å². The van der Waals surface area contributed by atoms with Crippen LogP contribution >= 0.6 is 15.9 Å². The highest BCUT2D eigenvalue weighted by molar-refractivity contribution is 9.10. The van der Waals surface area contributed by atoms with Crippen LogP contribution in [0.5, 0.6) is 5.75 Å². The van der Waals surface area contributed by atoms with Crippen LogP contribution in [-0.4, -0.2) is 7.11 Å². The topological polar surface area (TPSA) is 35.2 Å². The van der Waals surface area contributed by atoms with E-state index in [-0.39, 0.29) is 5.82 Å². The number of benzene rings is 2. The molecule has 0 aliphatic carbocycles. The molecule has 0 spiro atoms. The second-order valence-electron chi connectivity index (χ2n) is 5.06. The smallest absolute Gasteiger partial charge is 0.124 e. The zero-order valence-electron chi connectivity index (χ0n) is 11.5. The van der Waals surface area contributed by atoms with Crippen molar-refractivity contribution in [3.05, 3.63) is 63.9 Å². The van der Waals surface area contributed by atoms with E-state index in [1.54, 1.807) is 13.2 Å². The fraction of sp³-hybridized carbons (Fsp3) is 0.250. The number of hydrogen-bond donors (Lipinski definition) is 1. The minimum absolute atomic E-state index is 0.260. The largest absolute Gasteiger partial charge is 0.497 e. The average molecular weight is 338 g/mol. The molecule has 1 unspecified atom stereocenters. The highest BCUT2D eigenvalue weighted by atomic mass is 79.9. The van der Waals surface area contributed by atoms with Crippen LogP contribution in [0.1, 0.15) is 18.1 Å². The van der Waals surface area contributed by atoms with Crippen molar-refractivity contribution in [2.75, 3.05) is 7.11 Å². The summed E-state index contributed by atoms with van der Waals surface area (Å²) in [5.41, 5.74) is 7.87. The van der Waals surface area contributed by atoms with Crippen LogP contribution in [0.4, 0.5) is 4.39 Å². The highest BCUT2D eigenvalue weighted by Gasteiger charge is 2.23. The molecule has 106 valence electrons. The van der Waals surface area contributed by atoms with Gasteiger partial charge in [-0.1, -0.05) is 34.1 Å². The lowest BCUT2D eigenvalue weighted by Gasteiger charge is -2.26. The molecule has 0 aromatic heterocycles. The molecule has 0 aliphatic heterocycles. The Bertz CT molecular complexity index is 596. The Kier molecular flexibility index (Phi) is 4.45. The molecule has 4 heteroatoms. The fourth-order valence-electron chi connectivity index (χ4n) is 2.13. The number of hydrogen-bond acceptors (Lipinski definition) is 2. The monoisotopic (exact) mass is 337 g/mol. The van der Waals surface area contributed by atoms with Crippen molar-refractivity contribution >= 4 is 15.9 Å². The Hall–Kier alpha value is -1.39. The van der Waals surface area contributed by atoms with Crippen molar-refractivity contribution in [3.8, 4) is 5.75 Å². The summed E-state index contributed by atoms with van der Waals surface area (Å²) in [6.45, 7) is 1.96.